The third-order valence-electron chi connectivity index (χ3n) is 3.12. The molecule has 5 heteroatoms. The molecule has 0 aromatic carbocycles. The Morgan fingerprint density at radius 2 is 2.11 bits per heavy atom. The minimum absolute atomic E-state index is 0.0502. The maximum absolute atomic E-state index is 12.3. The molecule has 1 unspecified atom stereocenters. The van der Waals surface area contributed by atoms with Crippen LogP contribution in [0.4, 0.5) is 0 Å². The van der Waals surface area contributed by atoms with Crippen molar-refractivity contribution in [1.29, 1.82) is 0 Å². The molecule has 0 saturated heterocycles. The predicted octanol–water partition coefficient (Wildman–Crippen LogP) is 2.58. The lowest BCUT2D eigenvalue weighted by molar-refractivity contribution is 0.0743. The molecule has 0 aliphatic heterocycles. The van der Waals surface area contributed by atoms with Gasteiger partial charge < -0.3 is 9.88 Å². The highest BCUT2D eigenvalue weighted by Crippen LogP contribution is 2.26. The number of nitrogens with one attached hydrogen (secondary N) is 1. The molecule has 1 N–H and O–H groups in total. The number of thiophene rings is 1. The van der Waals surface area contributed by atoms with Crippen molar-refractivity contribution < 1.29 is 4.79 Å². The first kappa shape index (κ1) is 13.5. The Morgan fingerprint density at radius 3 is 2.68 bits per heavy atom. The van der Waals surface area contributed by atoms with Gasteiger partial charge in [-0.3, -0.25) is 9.59 Å². The van der Waals surface area contributed by atoms with Gasteiger partial charge in [0.25, 0.3) is 11.5 Å². The van der Waals surface area contributed by atoms with Gasteiger partial charge in [0.15, 0.2) is 0 Å². The van der Waals surface area contributed by atoms with Crippen molar-refractivity contribution in [2.75, 3.05) is 7.05 Å². The maximum Gasteiger partial charge on any atom is 0.260 e. The van der Waals surface area contributed by atoms with Crippen molar-refractivity contribution in [3.05, 3.63) is 56.1 Å². The van der Waals surface area contributed by atoms with Crippen LogP contribution in [0.5, 0.6) is 0 Å². The molecule has 2 heterocycles. The molecule has 1 amide bonds. The maximum atomic E-state index is 12.3. The summed E-state index contributed by atoms with van der Waals surface area (Å²) in [5.41, 5.74) is -0.181. The van der Waals surface area contributed by atoms with E-state index >= 15 is 0 Å². The zero-order chi connectivity index (χ0) is 14.0. The predicted molar refractivity (Wildman–Crippen MR) is 76.6 cm³/mol. The largest absolute Gasteiger partial charge is 0.334 e. The molecule has 0 aliphatic rings. The fourth-order valence-corrected chi connectivity index (χ4v) is 2.80. The Hall–Kier alpha value is -1.88. The summed E-state index contributed by atoms with van der Waals surface area (Å²) in [5, 5.41) is 0. The van der Waals surface area contributed by atoms with E-state index in [9.17, 15) is 9.59 Å². The number of aromatic amines is 1. The van der Waals surface area contributed by atoms with Gasteiger partial charge in [0, 0.05) is 23.0 Å². The summed E-state index contributed by atoms with van der Waals surface area (Å²) in [6, 6.07) is 7.20. The van der Waals surface area contributed by atoms with Crippen molar-refractivity contribution in [3.63, 3.8) is 0 Å². The van der Waals surface area contributed by atoms with Crippen molar-refractivity contribution in [2.45, 2.75) is 19.9 Å². The molecule has 4 nitrogen and oxygen atoms in total. The third kappa shape index (κ3) is 2.76. The number of hydrogen-bond acceptors (Lipinski definition) is 3. The van der Waals surface area contributed by atoms with Gasteiger partial charge in [-0.25, -0.2) is 0 Å². The van der Waals surface area contributed by atoms with Gasteiger partial charge in [-0.2, -0.15) is 0 Å². The monoisotopic (exact) mass is 276 g/mol. The SMILES string of the molecule is Cc1ccc(C(C)N(C)C(=O)c2ccc[nH]c2=O)s1. The summed E-state index contributed by atoms with van der Waals surface area (Å²) < 4.78 is 0. The summed E-state index contributed by atoms with van der Waals surface area (Å²) in [5.74, 6) is -0.264. The van der Waals surface area contributed by atoms with Gasteiger partial charge in [0.05, 0.1) is 6.04 Å². The molecular formula is C14H16N2O2S. The van der Waals surface area contributed by atoms with Crippen LogP contribution >= 0.6 is 11.3 Å². The number of hydrogen-bond donors (Lipinski definition) is 1. The summed E-state index contributed by atoms with van der Waals surface area (Å²) in [4.78, 5) is 30.4. The Morgan fingerprint density at radius 1 is 1.37 bits per heavy atom. The fourth-order valence-electron chi connectivity index (χ4n) is 1.82. The molecule has 0 fully saturated rings. The molecule has 0 radical (unpaired) electrons. The summed E-state index contributed by atoms with van der Waals surface area (Å²) >= 11 is 1.66. The highest BCUT2D eigenvalue weighted by atomic mass is 32.1. The number of rotatable bonds is 3. The lowest BCUT2D eigenvalue weighted by atomic mass is 10.2. The van der Waals surface area contributed by atoms with E-state index in [2.05, 4.69) is 4.98 Å². The highest BCUT2D eigenvalue weighted by molar-refractivity contribution is 7.12. The summed E-state index contributed by atoms with van der Waals surface area (Å²) in [6.45, 7) is 3.99. The number of H-pyrrole nitrogens is 1. The zero-order valence-corrected chi connectivity index (χ0v) is 12.0. The number of carbonyl (C=O) groups excluding carboxylic acids is 1. The van der Waals surface area contributed by atoms with Crippen molar-refractivity contribution >= 4 is 17.2 Å². The van der Waals surface area contributed by atoms with Crippen LogP contribution in [0.25, 0.3) is 0 Å². The fraction of sp³-hybridized carbons (Fsp3) is 0.286. The van der Waals surface area contributed by atoms with E-state index in [0.29, 0.717) is 0 Å². The second kappa shape index (κ2) is 5.40. The van der Waals surface area contributed by atoms with E-state index in [1.807, 2.05) is 26.0 Å². The Kier molecular flexibility index (Phi) is 3.85. The highest BCUT2D eigenvalue weighted by Gasteiger charge is 2.21. The molecule has 19 heavy (non-hydrogen) atoms. The lowest BCUT2D eigenvalue weighted by Crippen LogP contribution is -2.33. The minimum Gasteiger partial charge on any atom is -0.334 e. The summed E-state index contributed by atoms with van der Waals surface area (Å²) in [7, 11) is 1.72. The molecule has 2 aromatic heterocycles. The molecule has 0 aliphatic carbocycles. The number of pyridine rings is 1. The third-order valence-corrected chi connectivity index (χ3v) is 4.29. The van der Waals surface area contributed by atoms with Crippen LogP contribution < -0.4 is 5.56 Å². The molecule has 0 spiro atoms. The second-order valence-electron chi connectivity index (χ2n) is 4.45. The van der Waals surface area contributed by atoms with Gasteiger partial charge in [0.1, 0.15) is 5.56 Å². The van der Waals surface area contributed by atoms with Gasteiger partial charge in [-0.05, 0) is 38.1 Å². The van der Waals surface area contributed by atoms with Crippen LogP contribution in [0.2, 0.25) is 0 Å². The number of aryl methyl sites for hydroxylation is 1. The first-order valence-corrected chi connectivity index (χ1v) is 6.83. The first-order chi connectivity index (χ1) is 9.00. The van der Waals surface area contributed by atoms with E-state index in [0.717, 1.165) is 4.88 Å². The van der Waals surface area contributed by atoms with Crippen LogP contribution in [-0.2, 0) is 0 Å². The Bertz CT molecular complexity index is 645. The zero-order valence-electron chi connectivity index (χ0n) is 11.1. The second-order valence-corrected chi connectivity index (χ2v) is 5.77. The molecule has 2 rings (SSSR count). The Labute approximate surface area is 115 Å². The molecule has 1 atom stereocenters. The van der Waals surface area contributed by atoms with Crippen LogP contribution in [0.3, 0.4) is 0 Å². The standard InChI is InChI=1S/C14H16N2O2S/c1-9-6-7-12(19-9)10(2)16(3)14(18)11-5-4-8-15-13(11)17/h4-8,10H,1-3H3,(H,15,17). The average molecular weight is 276 g/mol. The molecule has 100 valence electrons. The molecule has 0 saturated carbocycles. The van der Waals surface area contributed by atoms with Gasteiger partial charge in [-0.15, -0.1) is 11.3 Å². The van der Waals surface area contributed by atoms with Crippen LogP contribution in [0.15, 0.2) is 35.3 Å². The smallest absolute Gasteiger partial charge is 0.260 e. The van der Waals surface area contributed by atoms with Crippen LogP contribution in [0, 0.1) is 6.92 Å². The van der Waals surface area contributed by atoms with Gasteiger partial charge in [-0.1, -0.05) is 0 Å². The van der Waals surface area contributed by atoms with Crippen molar-refractivity contribution in [3.8, 4) is 0 Å². The van der Waals surface area contributed by atoms with E-state index < -0.39 is 0 Å². The normalized spacial score (nSPS) is 12.2. The van der Waals surface area contributed by atoms with E-state index in [1.165, 1.54) is 11.1 Å². The molecule has 0 bridgehead atoms. The Balaban J connectivity index is 2.25. The van der Waals surface area contributed by atoms with Gasteiger partial charge in [0.2, 0.25) is 0 Å². The first-order valence-electron chi connectivity index (χ1n) is 6.02. The number of aromatic nitrogens is 1. The number of nitrogens with zero attached hydrogens (tertiary/aromatic N) is 1. The topological polar surface area (TPSA) is 53.2 Å². The van der Waals surface area contributed by atoms with Gasteiger partial charge >= 0.3 is 0 Å². The van der Waals surface area contributed by atoms with Crippen molar-refractivity contribution in [1.82, 2.24) is 9.88 Å². The van der Waals surface area contributed by atoms with E-state index in [1.54, 1.807) is 35.4 Å². The van der Waals surface area contributed by atoms with Crippen LogP contribution in [0.1, 0.15) is 33.1 Å². The molecule has 2 aromatic rings. The number of carbonyl (C=O) groups is 1. The molecular weight excluding hydrogens is 260 g/mol. The van der Waals surface area contributed by atoms with E-state index in [4.69, 9.17) is 0 Å². The number of amides is 1. The van der Waals surface area contributed by atoms with E-state index in [-0.39, 0.29) is 23.1 Å². The lowest BCUT2D eigenvalue weighted by Gasteiger charge is -2.23. The average Bonchev–Trinajstić information content (AvgIpc) is 2.83. The van der Waals surface area contributed by atoms with Crippen molar-refractivity contribution in [2.24, 2.45) is 0 Å². The quantitative estimate of drug-likeness (QED) is 0.936. The van der Waals surface area contributed by atoms with Crippen LogP contribution in [-0.4, -0.2) is 22.8 Å². The summed E-state index contributed by atoms with van der Waals surface area (Å²) in [6.07, 6.45) is 1.52. The minimum atomic E-state index is -0.353.